The van der Waals surface area contributed by atoms with Crippen molar-refractivity contribution in [1.82, 2.24) is 14.9 Å². The summed E-state index contributed by atoms with van der Waals surface area (Å²) >= 11 is 0. The van der Waals surface area contributed by atoms with Gasteiger partial charge in [-0.05, 0) is 31.3 Å². The van der Waals surface area contributed by atoms with Gasteiger partial charge in [0, 0.05) is 17.8 Å². The maximum Gasteiger partial charge on any atom is 0.127 e. The second-order valence-electron chi connectivity index (χ2n) is 5.22. The Labute approximate surface area is 122 Å². The zero-order valence-electron chi connectivity index (χ0n) is 11.8. The van der Waals surface area contributed by atoms with E-state index in [1.54, 1.807) is 12.1 Å². The summed E-state index contributed by atoms with van der Waals surface area (Å²) in [7, 11) is 1.94. The molecule has 4 nitrogen and oxygen atoms in total. The van der Waals surface area contributed by atoms with E-state index in [0.29, 0.717) is 24.3 Å². The molecule has 21 heavy (non-hydrogen) atoms. The summed E-state index contributed by atoms with van der Waals surface area (Å²) in [5, 5.41) is 0. The molecule has 0 aliphatic rings. The SMILES string of the molecule is CN(Cc1nc2ccc(N)cc2[nH]1)Cc1ccccc1F. The Morgan fingerprint density at radius 1 is 1.19 bits per heavy atom. The molecule has 108 valence electrons. The standard InChI is InChI=1S/C16H17FN4/c1-21(9-11-4-2-3-5-13(11)17)10-16-19-14-7-6-12(18)8-15(14)20-16/h2-8H,9-10,18H2,1H3,(H,19,20). The van der Waals surface area contributed by atoms with Gasteiger partial charge in [0.15, 0.2) is 0 Å². The van der Waals surface area contributed by atoms with E-state index in [-0.39, 0.29) is 5.82 Å². The molecule has 0 saturated heterocycles. The van der Waals surface area contributed by atoms with Crippen molar-refractivity contribution in [1.29, 1.82) is 0 Å². The lowest BCUT2D eigenvalue weighted by molar-refractivity contribution is 0.307. The zero-order chi connectivity index (χ0) is 14.8. The van der Waals surface area contributed by atoms with Crippen LogP contribution in [0, 0.1) is 5.82 Å². The number of aromatic amines is 1. The van der Waals surface area contributed by atoms with Crippen LogP contribution < -0.4 is 5.73 Å². The van der Waals surface area contributed by atoms with Gasteiger partial charge in [-0.25, -0.2) is 9.37 Å². The van der Waals surface area contributed by atoms with Crippen molar-refractivity contribution in [3.63, 3.8) is 0 Å². The number of aromatic nitrogens is 2. The molecule has 0 amide bonds. The highest BCUT2D eigenvalue weighted by Gasteiger charge is 2.09. The van der Waals surface area contributed by atoms with Crippen LogP contribution in [0.1, 0.15) is 11.4 Å². The minimum atomic E-state index is -0.179. The highest BCUT2D eigenvalue weighted by molar-refractivity contribution is 5.78. The molecule has 0 saturated carbocycles. The van der Waals surface area contributed by atoms with Crippen LogP contribution in [0.3, 0.4) is 0 Å². The summed E-state index contributed by atoms with van der Waals surface area (Å²) in [6.45, 7) is 1.15. The zero-order valence-corrected chi connectivity index (χ0v) is 11.8. The van der Waals surface area contributed by atoms with Gasteiger partial charge in [0.1, 0.15) is 11.6 Å². The third kappa shape index (κ3) is 3.03. The number of anilines is 1. The second-order valence-corrected chi connectivity index (χ2v) is 5.22. The monoisotopic (exact) mass is 284 g/mol. The lowest BCUT2D eigenvalue weighted by atomic mass is 10.2. The molecule has 1 aromatic heterocycles. The van der Waals surface area contributed by atoms with E-state index in [2.05, 4.69) is 9.97 Å². The number of hydrogen-bond acceptors (Lipinski definition) is 3. The molecule has 3 N–H and O–H groups in total. The number of halogens is 1. The normalized spacial score (nSPS) is 11.4. The predicted molar refractivity (Wildman–Crippen MR) is 82.1 cm³/mol. The number of hydrogen-bond donors (Lipinski definition) is 2. The minimum Gasteiger partial charge on any atom is -0.399 e. The van der Waals surface area contributed by atoms with Crippen LogP contribution in [0.2, 0.25) is 0 Å². The summed E-state index contributed by atoms with van der Waals surface area (Å²) in [6, 6.07) is 12.4. The molecule has 0 fully saturated rings. The van der Waals surface area contributed by atoms with Crippen LogP contribution in [0.15, 0.2) is 42.5 Å². The van der Waals surface area contributed by atoms with Gasteiger partial charge < -0.3 is 10.7 Å². The molecule has 0 spiro atoms. The van der Waals surface area contributed by atoms with Gasteiger partial charge in [-0.1, -0.05) is 18.2 Å². The number of nitrogens with two attached hydrogens (primary N) is 1. The van der Waals surface area contributed by atoms with Gasteiger partial charge in [-0.15, -0.1) is 0 Å². The molecular formula is C16H17FN4. The van der Waals surface area contributed by atoms with Crippen LogP contribution >= 0.6 is 0 Å². The van der Waals surface area contributed by atoms with Gasteiger partial charge in [-0.3, -0.25) is 4.90 Å². The fourth-order valence-electron chi connectivity index (χ4n) is 2.38. The van der Waals surface area contributed by atoms with E-state index in [1.807, 2.05) is 36.2 Å². The first kappa shape index (κ1) is 13.6. The van der Waals surface area contributed by atoms with E-state index in [9.17, 15) is 4.39 Å². The summed E-state index contributed by atoms with van der Waals surface area (Å²) in [4.78, 5) is 9.77. The molecular weight excluding hydrogens is 267 g/mol. The summed E-state index contributed by atoms with van der Waals surface area (Å²) < 4.78 is 13.6. The van der Waals surface area contributed by atoms with Gasteiger partial charge in [0.25, 0.3) is 0 Å². The molecule has 3 aromatic rings. The van der Waals surface area contributed by atoms with E-state index in [1.165, 1.54) is 6.07 Å². The Balaban J connectivity index is 1.74. The summed E-state index contributed by atoms with van der Waals surface area (Å²) in [6.07, 6.45) is 0. The van der Waals surface area contributed by atoms with Crippen LogP contribution in [0.4, 0.5) is 10.1 Å². The smallest absolute Gasteiger partial charge is 0.127 e. The number of H-pyrrole nitrogens is 1. The fraction of sp³-hybridized carbons (Fsp3) is 0.188. The molecule has 1 heterocycles. The van der Waals surface area contributed by atoms with Gasteiger partial charge in [0.2, 0.25) is 0 Å². The second kappa shape index (κ2) is 5.54. The van der Waals surface area contributed by atoms with Gasteiger partial charge in [-0.2, -0.15) is 0 Å². The summed E-state index contributed by atoms with van der Waals surface area (Å²) in [5.41, 5.74) is 8.95. The highest BCUT2D eigenvalue weighted by atomic mass is 19.1. The number of nitrogens with one attached hydrogen (secondary N) is 1. The van der Waals surface area contributed by atoms with E-state index < -0.39 is 0 Å². The topological polar surface area (TPSA) is 57.9 Å². The number of nitrogens with zero attached hydrogens (tertiary/aromatic N) is 2. The number of imidazole rings is 1. The number of rotatable bonds is 4. The minimum absolute atomic E-state index is 0.179. The number of benzene rings is 2. The van der Waals surface area contributed by atoms with Crippen molar-refractivity contribution in [3.05, 3.63) is 59.7 Å². The average molecular weight is 284 g/mol. The molecule has 0 bridgehead atoms. The maximum atomic E-state index is 13.6. The molecule has 2 aromatic carbocycles. The van der Waals surface area contributed by atoms with Gasteiger partial charge >= 0.3 is 0 Å². The lowest BCUT2D eigenvalue weighted by Gasteiger charge is -2.15. The third-order valence-electron chi connectivity index (χ3n) is 3.37. The molecule has 5 heteroatoms. The Kier molecular flexibility index (Phi) is 3.58. The van der Waals surface area contributed by atoms with Crippen LogP contribution in [-0.2, 0) is 13.1 Å². The first-order valence-corrected chi connectivity index (χ1v) is 6.78. The maximum absolute atomic E-state index is 13.6. The third-order valence-corrected chi connectivity index (χ3v) is 3.37. The molecule has 0 aliphatic heterocycles. The number of fused-ring (bicyclic) bond motifs is 1. The molecule has 0 unspecified atom stereocenters. The first-order valence-electron chi connectivity index (χ1n) is 6.78. The average Bonchev–Trinajstić information content (AvgIpc) is 2.82. The van der Waals surface area contributed by atoms with Crippen molar-refractivity contribution in [2.75, 3.05) is 12.8 Å². The Morgan fingerprint density at radius 2 is 2.00 bits per heavy atom. The van der Waals surface area contributed by atoms with Crippen molar-refractivity contribution in [2.45, 2.75) is 13.1 Å². The molecule has 0 radical (unpaired) electrons. The highest BCUT2D eigenvalue weighted by Crippen LogP contribution is 2.16. The fourth-order valence-corrected chi connectivity index (χ4v) is 2.38. The predicted octanol–water partition coefficient (Wildman–Crippen LogP) is 2.92. The van der Waals surface area contributed by atoms with Crippen molar-refractivity contribution < 1.29 is 4.39 Å². The first-order chi connectivity index (χ1) is 10.1. The largest absolute Gasteiger partial charge is 0.399 e. The van der Waals surface area contributed by atoms with Crippen molar-refractivity contribution in [2.24, 2.45) is 0 Å². The lowest BCUT2D eigenvalue weighted by Crippen LogP contribution is -2.18. The number of nitrogen functional groups attached to an aromatic ring is 1. The van der Waals surface area contributed by atoms with E-state index in [4.69, 9.17) is 5.73 Å². The molecule has 3 rings (SSSR count). The van der Waals surface area contributed by atoms with Crippen molar-refractivity contribution in [3.8, 4) is 0 Å². The Hall–Kier alpha value is -2.40. The van der Waals surface area contributed by atoms with Gasteiger partial charge in [0.05, 0.1) is 17.6 Å². The van der Waals surface area contributed by atoms with Crippen LogP contribution in [0.5, 0.6) is 0 Å². The Bertz CT molecular complexity index is 766. The van der Waals surface area contributed by atoms with E-state index in [0.717, 1.165) is 16.9 Å². The van der Waals surface area contributed by atoms with Crippen LogP contribution in [0.25, 0.3) is 11.0 Å². The van der Waals surface area contributed by atoms with E-state index >= 15 is 0 Å². The molecule has 0 atom stereocenters. The van der Waals surface area contributed by atoms with Crippen LogP contribution in [-0.4, -0.2) is 21.9 Å². The molecule has 0 aliphatic carbocycles. The van der Waals surface area contributed by atoms with Crippen molar-refractivity contribution >= 4 is 16.7 Å². The quantitative estimate of drug-likeness (QED) is 0.724. The Morgan fingerprint density at radius 3 is 2.81 bits per heavy atom. The summed E-state index contributed by atoms with van der Waals surface area (Å²) in [5.74, 6) is 0.663.